The zero-order chi connectivity index (χ0) is 32.8. The highest BCUT2D eigenvalue weighted by atomic mass is 19.4. The maximum Gasteiger partial charge on any atom is 0.490 e. The number of carbonyl (C=O) groups excluding carboxylic acids is 1. The minimum atomic E-state index is -5.08. The van der Waals surface area contributed by atoms with Crippen LogP contribution in [0, 0.1) is 0 Å². The topological polar surface area (TPSA) is 205 Å². The molecule has 238 valence electrons. The molecule has 1 amide bonds. The molecule has 3 atom stereocenters. The predicted octanol–water partition coefficient (Wildman–Crippen LogP) is 3.05. The molecule has 0 radical (unpaired) electrons. The van der Waals surface area contributed by atoms with E-state index < -0.39 is 42.5 Å². The van der Waals surface area contributed by atoms with Gasteiger partial charge in [0.1, 0.15) is 11.9 Å². The van der Waals surface area contributed by atoms with E-state index in [9.17, 15) is 36.2 Å². The number of carboxylic acids is 2. The molecule has 0 saturated heterocycles. The second kappa shape index (κ2) is 17.0. The molecule has 0 aliphatic carbocycles. The Kier molecular flexibility index (Phi) is 14.6. The van der Waals surface area contributed by atoms with Crippen LogP contribution in [0.5, 0.6) is 0 Å². The van der Waals surface area contributed by atoms with Gasteiger partial charge in [-0.3, -0.25) is 4.79 Å². The van der Waals surface area contributed by atoms with Gasteiger partial charge < -0.3 is 37.1 Å². The number of nitrogens with zero attached hydrogens (tertiary/aromatic N) is 1. The molecule has 43 heavy (non-hydrogen) atoms. The minimum Gasteiger partial charge on any atom is -0.475 e. The monoisotopic (exact) mass is 623 g/mol. The van der Waals surface area contributed by atoms with Crippen LogP contribution in [-0.4, -0.2) is 74.1 Å². The van der Waals surface area contributed by atoms with Crippen LogP contribution in [0.15, 0.2) is 54.6 Å². The number of hydrogen-bond donors (Lipinski definition) is 7. The van der Waals surface area contributed by atoms with Crippen LogP contribution in [-0.2, 0) is 20.8 Å². The van der Waals surface area contributed by atoms with Crippen LogP contribution >= 0.6 is 0 Å². The fraction of sp³-hybridized carbons (Fsp3) is 0.385. The third-order valence-corrected chi connectivity index (χ3v) is 5.52. The summed E-state index contributed by atoms with van der Waals surface area (Å²) in [5, 5.41) is 28.2. The third kappa shape index (κ3) is 13.5. The average molecular weight is 624 g/mol. The number of hydrogen-bond acceptors (Lipinski definition) is 7. The van der Waals surface area contributed by atoms with Crippen molar-refractivity contribution >= 4 is 28.9 Å². The molecule has 0 aliphatic heterocycles. The Hall–Kier alpha value is -4.22. The van der Waals surface area contributed by atoms with Crippen molar-refractivity contribution in [3.05, 3.63) is 66.0 Å². The lowest BCUT2D eigenvalue weighted by atomic mass is 10.00. The molecule has 0 fully saturated rings. The molecule has 0 spiro atoms. The maximum atomic E-state index is 12.6. The number of benzene rings is 2. The standard InChI is InChI=1S/C22H29N5O2.2C2HF3O2/c23-14-6-9-16(24)22(29)27-19(13-12-15-7-2-1-3-8-15)20(28)21-25-17-10-4-5-11-18(17)26-21;2*3-2(4,5)1(6)7/h1-5,7-8,10-11,16,19-20,28H,6,9,12-14,23-24H2,(H,25,26)(H,27,29);2*(H,6,7)/t16-,19-,20?;;/m1../s1. The van der Waals surface area contributed by atoms with Crippen molar-refractivity contribution in [3.8, 4) is 0 Å². The summed E-state index contributed by atoms with van der Waals surface area (Å²) in [5.74, 6) is -5.37. The summed E-state index contributed by atoms with van der Waals surface area (Å²) in [5.41, 5.74) is 14.2. The van der Waals surface area contributed by atoms with Crippen molar-refractivity contribution < 1.29 is 56.0 Å². The van der Waals surface area contributed by atoms with E-state index in [-0.39, 0.29) is 5.91 Å². The van der Waals surface area contributed by atoms with E-state index in [1.165, 1.54) is 0 Å². The number of carboxylic acid groups (broad SMARTS) is 2. The van der Waals surface area contributed by atoms with Gasteiger partial charge in [-0.2, -0.15) is 26.3 Å². The first kappa shape index (κ1) is 36.8. The first-order chi connectivity index (χ1) is 20.0. The summed E-state index contributed by atoms with van der Waals surface area (Å²) in [6.07, 6.45) is -8.69. The number of nitrogens with two attached hydrogens (primary N) is 2. The molecule has 0 saturated carbocycles. The first-order valence-electron chi connectivity index (χ1n) is 12.5. The number of amides is 1. The molecular formula is C26H31F6N5O6. The minimum absolute atomic E-state index is 0.285. The number of aliphatic carboxylic acids is 2. The SMILES string of the molecule is NCCC[C@@H](N)C(=O)N[C@H](CCc1ccccc1)C(O)c1nc2ccccc2[nH]1.O=C(O)C(F)(F)F.O=C(O)C(F)(F)F. The second-order valence-electron chi connectivity index (χ2n) is 8.87. The normalized spacial score (nSPS) is 13.4. The second-order valence-corrected chi connectivity index (χ2v) is 8.87. The van der Waals surface area contributed by atoms with Gasteiger partial charge in [-0.1, -0.05) is 42.5 Å². The van der Waals surface area contributed by atoms with E-state index in [1.807, 2.05) is 54.6 Å². The third-order valence-electron chi connectivity index (χ3n) is 5.52. The van der Waals surface area contributed by atoms with E-state index in [0.29, 0.717) is 38.1 Å². The molecular weight excluding hydrogens is 592 g/mol. The zero-order valence-corrected chi connectivity index (χ0v) is 22.4. The van der Waals surface area contributed by atoms with E-state index in [0.717, 1.165) is 16.6 Å². The largest absolute Gasteiger partial charge is 0.490 e. The van der Waals surface area contributed by atoms with Crippen molar-refractivity contribution in [1.82, 2.24) is 15.3 Å². The summed E-state index contributed by atoms with van der Waals surface area (Å²) >= 11 is 0. The van der Waals surface area contributed by atoms with Crippen LogP contribution in [0.1, 0.15) is 36.8 Å². The molecule has 1 unspecified atom stereocenters. The number of para-hydroxylation sites is 2. The van der Waals surface area contributed by atoms with Gasteiger partial charge >= 0.3 is 24.3 Å². The number of nitrogens with one attached hydrogen (secondary N) is 2. The molecule has 9 N–H and O–H groups in total. The van der Waals surface area contributed by atoms with E-state index >= 15 is 0 Å². The Morgan fingerprint density at radius 2 is 1.40 bits per heavy atom. The van der Waals surface area contributed by atoms with Gasteiger partial charge in [0.05, 0.1) is 23.1 Å². The number of H-pyrrole nitrogens is 1. The van der Waals surface area contributed by atoms with Crippen LogP contribution < -0.4 is 16.8 Å². The maximum absolute atomic E-state index is 12.6. The van der Waals surface area contributed by atoms with E-state index in [4.69, 9.17) is 31.3 Å². The number of fused-ring (bicyclic) bond motifs is 1. The van der Waals surface area contributed by atoms with Crippen molar-refractivity contribution in [1.29, 1.82) is 0 Å². The smallest absolute Gasteiger partial charge is 0.475 e. The van der Waals surface area contributed by atoms with Crippen LogP contribution in [0.4, 0.5) is 26.3 Å². The Morgan fingerprint density at radius 1 is 0.884 bits per heavy atom. The van der Waals surface area contributed by atoms with Gasteiger partial charge in [0.25, 0.3) is 0 Å². The lowest BCUT2D eigenvalue weighted by molar-refractivity contribution is -0.193. The van der Waals surface area contributed by atoms with Gasteiger partial charge in [0, 0.05) is 0 Å². The summed E-state index contributed by atoms with van der Waals surface area (Å²) in [4.78, 5) is 38.0. The van der Waals surface area contributed by atoms with Crippen LogP contribution in [0.2, 0.25) is 0 Å². The van der Waals surface area contributed by atoms with Crippen molar-refractivity contribution in [3.63, 3.8) is 0 Å². The quantitative estimate of drug-likeness (QED) is 0.166. The van der Waals surface area contributed by atoms with Gasteiger partial charge in [0.15, 0.2) is 0 Å². The summed E-state index contributed by atoms with van der Waals surface area (Å²) in [7, 11) is 0. The number of carbonyl (C=O) groups is 3. The molecule has 3 rings (SSSR count). The number of aliphatic hydroxyl groups excluding tert-OH is 1. The number of imidazole rings is 1. The van der Waals surface area contributed by atoms with Gasteiger partial charge in [-0.25, -0.2) is 14.6 Å². The van der Waals surface area contributed by atoms with Gasteiger partial charge in [-0.05, 0) is 49.9 Å². The number of aromatic nitrogens is 2. The number of alkyl halides is 6. The molecule has 1 aromatic heterocycles. The van der Waals surface area contributed by atoms with Gasteiger partial charge in [0.2, 0.25) is 5.91 Å². The van der Waals surface area contributed by atoms with Crippen molar-refractivity contribution in [2.24, 2.45) is 11.5 Å². The highest BCUT2D eigenvalue weighted by Crippen LogP contribution is 2.22. The molecule has 0 bridgehead atoms. The molecule has 2 aromatic carbocycles. The average Bonchev–Trinajstić information content (AvgIpc) is 3.38. The van der Waals surface area contributed by atoms with Crippen molar-refractivity contribution in [2.45, 2.75) is 56.2 Å². The summed E-state index contributed by atoms with van der Waals surface area (Å²) < 4.78 is 63.5. The highest BCUT2D eigenvalue weighted by molar-refractivity contribution is 5.82. The first-order valence-corrected chi connectivity index (χ1v) is 12.5. The van der Waals surface area contributed by atoms with Crippen molar-refractivity contribution in [2.75, 3.05) is 6.54 Å². The fourth-order valence-corrected chi connectivity index (χ4v) is 3.34. The van der Waals surface area contributed by atoms with Gasteiger partial charge in [-0.15, -0.1) is 0 Å². The Bertz CT molecular complexity index is 1250. The lowest BCUT2D eigenvalue weighted by Gasteiger charge is -2.24. The Labute approximate surface area is 240 Å². The molecule has 1 heterocycles. The van der Waals surface area contributed by atoms with E-state index in [1.54, 1.807) is 0 Å². The van der Waals surface area contributed by atoms with Crippen LogP contribution in [0.3, 0.4) is 0 Å². The number of aryl methyl sites for hydroxylation is 1. The summed E-state index contributed by atoms with van der Waals surface area (Å²) in [6.45, 7) is 0.486. The molecule has 0 aliphatic rings. The highest BCUT2D eigenvalue weighted by Gasteiger charge is 2.39. The summed E-state index contributed by atoms with van der Waals surface area (Å²) in [6, 6.07) is 16.4. The molecule has 3 aromatic rings. The lowest BCUT2D eigenvalue weighted by Crippen LogP contribution is -2.48. The van der Waals surface area contributed by atoms with Crippen LogP contribution in [0.25, 0.3) is 11.0 Å². The number of halogens is 6. The van der Waals surface area contributed by atoms with E-state index in [2.05, 4.69) is 15.3 Å². The molecule has 17 heteroatoms. The molecule has 11 nitrogen and oxygen atoms in total. The fourth-order valence-electron chi connectivity index (χ4n) is 3.34. The zero-order valence-electron chi connectivity index (χ0n) is 22.4. The number of aliphatic hydroxyl groups is 1. The Morgan fingerprint density at radius 3 is 1.88 bits per heavy atom. The predicted molar refractivity (Wildman–Crippen MR) is 141 cm³/mol. The number of aromatic amines is 1. The number of rotatable bonds is 10. The Balaban J connectivity index is 0.000000548.